The number of hydrazine groups is 1. The lowest BCUT2D eigenvalue weighted by Crippen LogP contribution is -2.35. The number of aromatic nitrogens is 4. The molecule has 4 rings (SSSR count). The Hall–Kier alpha value is -1.50. The number of piperidine rings is 1. The van der Waals surface area contributed by atoms with Crippen LogP contribution in [0.15, 0.2) is 11.5 Å². The van der Waals surface area contributed by atoms with E-state index in [1.165, 1.54) is 24.5 Å². The van der Waals surface area contributed by atoms with Crippen LogP contribution in [0.4, 0.5) is 5.82 Å². The van der Waals surface area contributed by atoms with Crippen molar-refractivity contribution in [2.45, 2.75) is 49.0 Å². The molecule has 11 heteroatoms. The first kappa shape index (κ1) is 18.8. The highest BCUT2D eigenvalue weighted by Crippen LogP contribution is 2.33. The SMILES string of the molecule is CSc1nc(NN2CCCCC2)c2ncn([C@@H]3O[C@H](CO)[C@@H](O)[C@H]3O)c2n1. The summed E-state index contributed by atoms with van der Waals surface area (Å²) in [4.78, 5) is 13.5. The zero-order valence-corrected chi connectivity index (χ0v) is 15.8. The molecule has 0 aliphatic carbocycles. The van der Waals surface area contributed by atoms with Gasteiger partial charge >= 0.3 is 0 Å². The van der Waals surface area contributed by atoms with E-state index in [-0.39, 0.29) is 6.61 Å². The summed E-state index contributed by atoms with van der Waals surface area (Å²) in [5, 5.41) is 32.4. The van der Waals surface area contributed by atoms with E-state index in [9.17, 15) is 15.3 Å². The molecule has 2 fully saturated rings. The van der Waals surface area contributed by atoms with Crippen molar-refractivity contribution in [2.24, 2.45) is 0 Å². The quantitative estimate of drug-likeness (QED) is 0.404. The van der Waals surface area contributed by atoms with Crippen molar-refractivity contribution >= 4 is 28.7 Å². The van der Waals surface area contributed by atoms with Crippen LogP contribution in [-0.4, -0.2) is 84.1 Å². The molecule has 0 saturated carbocycles. The standard InChI is InChI=1S/C16H24N6O4S/c1-27-16-18-13(20-21-5-3-2-4-6-21)10-14(19-16)22(8-17-10)15-12(25)11(24)9(7-23)26-15/h8-9,11-12,15,23-25H,2-7H2,1H3,(H,18,19,20)/t9-,11-,12-,15-/m1/s1. The van der Waals surface area contributed by atoms with Crippen molar-refractivity contribution in [2.75, 3.05) is 31.4 Å². The lowest BCUT2D eigenvalue weighted by molar-refractivity contribution is -0.0511. The lowest BCUT2D eigenvalue weighted by atomic mass is 10.1. The molecule has 2 aliphatic heterocycles. The maximum Gasteiger partial charge on any atom is 0.191 e. The highest BCUT2D eigenvalue weighted by Gasteiger charge is 2.44. The third-order valence-electron chi connectivity index (χ3n) is 4.99. The summed E-state index contributed by atoms with van der Waals surface area (Å²) in [5.74, 6) is 0.608. The van der Waals surface area contributed by atoms with Crippen LogP contribution in [0.5, 0.6) is 0 Å². The van der Waals surface area contributed by atoms with E-state index in [1.54, 1.807) is 4.57 Å². The second kappa shape index (κ2) is 7.86. The molecule has 2 aromatic rings. The monoisotopic (exact) mass is 396 g/mol. The molecular weight excluding hydrogens is 372 g/mol. The third kappa shape index (κ3) is 3.50. The number of anilines is 1. The fourth-order valence-corrected chi connectivity index (χ4v) is 3.88. The summed E-state index contributed by atoms with van der Waals surface area (Å²) >= 11 is 1.41. The number of thioether (sulfide) groups is 1. The summed E-state index contributed by atoms with van der Waals surface area (Å²) in [6.45, 7) is 1.50. The molecule has 27 heavy (non-hydrogen) atoms. The Morgan fingerprint density at radius 3 is 2.67 bits per heavy atom. The van der Waals surface area contributed by atoms with E-state index in [4.69, 9.17) is 4.74 Å². The average Bonchev–Trinajstić information content (AvgIpc) is 3.24. The first-order valence-corrected chi connectivity index (χ1v) is 10.3. The summed E-state index contributed by atoms with van der Waals surface area (Å²) in [6, 6.07) is 0. The van der Waals surface area contributed by atoms with Crippen molar-refractivity contribution in [1.82, 2.24) is 24.5 Å². The normalized spacial score (nSPS) is 29.5. The largest absolute Gasteiger partial charge is 0.394 e. The van der Waals surface area contributed by atoms with Gasteiger partial charge in [-0.2, -0.15) is 0 Å². The molecule has 2 aromatic heterocycles. The highest BCUT2D eigenvalue weighted by atomic mass is 32.2. The number of nitrogens with one attached hydrogen (secondary N) is 1. The average molecular weight is 396 g/mol. The van der Waals surface area contributed by atoms with Crippen molar-refractivity contribution in [3.8, 4) is 0 Å². The van der Waals surface area contributed by atoms with E-state index >= 15 is 0 Å². The van der Waals surface area contributed by atoms with Crippen molar-refractivity contribution in [3.05, 3.63) is 6.33 Å². The zero-order valence-electron chi connectivity index (χ0n) is 15.0. The first-order chi connectivity index (χ1) is 13.1. The molecule has 148 valence electrons. The van der Waals surface area contributed by atoms with Crippen LogP contribution < -0.4 is 5.43 Å². The van der Waals surface area contributed by atoms with Gasteiger partial charge < -0.3 is 25.5 Å². The smallest absolute Gasteiger partial charge is 0.191 e. The summed E-state index contributed by atoms with van der Waals surface area (Å²) in [5.41, 5.74) is 4.41. The van der Waals surface area contributed by atoms with Gasteiger partial charge in [-0.3, -0.25) is 4.57 Å². The highest BCUT2D eigenvalue weighted by molar-refractivity contribution is 7.98. The first-order valence-electron chi connectivity index (χ1n) is 9.05. The number of hydrogen-bond donors (Lipinski definition) is 4. The summed E-state index contributed by atoms with van der Waals surface area (Å²) in [6.07, 6.45) is 2.81. The van der Waals surface area contributed by atoms with Gasteiger partial charge in [0.1, 0.15) is 18.3 Å². The number of hydrogen-bond acceptors (Lipinski definition) is 10. The van der Waals surface area contributed by atoms with Gasteiger partial charge in [0.05, 0.1) is 12.9 Å². The van der Waals surface area contributed by atoms with E-state index in [1.807, 2.05) is 6.26 Å². The molecule has 4 N–H and O–H groups in total. The Balaban J connectivity index is 1.70. The Kier molecular flexibility index (Phi) is 5.48. The number of ether oxygens (including phenoxy) is 1. The lowest BCUT2D eigenvalue weighted by Gasteiger charge is -2.27. The van der Waals surface area contributed by atoms with E-state index in [0.29, 0.717) is 22.1 Å². The fraction of sp³-hybridized carbons (Fsp3) is 0.688. The van der Waals surface area contributed by atoms with E-state index < -0.39 is 24.5 Å². The summed E-state index contributed by atoms with van der Waals surface area (Å²) < 4.78 is 7.21. The predicted octanol–water partition coefficient (Wildman–Crippen LogP) is -0.0275. The Morgan fingerprint density at radius 2 is 2.00 bits per heavy atom. The summed E-state index contributed by atoms with van der Waals surface area (Å²) in [7, 11) is 0. The van der Waals surface area contributed by atoms with Crippen molar-refractivity contribution < 1.29 is 20.1 Å². The zero-order chi connectivity index (χ0) is 19.0. The van der Waals surface area contributed by atoms with Crippen molar-refractivity contribution in [1.29, 1.82) is 0 Å². The Bertz CT molecular complexity index is 799. The minimum Gasteiger partial charge on any atom is -0.394 e. The molecule has 0 amide bonds. The number of nitrogens with zero attached hydrogens (tertiary/aromatic N) is 5. The van der Waals surface area contributed by atoms with Gasteiger partial charge in [0.15, 0.2) is 28.4 Å². The molecule has 10 nitrogen and oxygen atoms in total. The van der Waals surface area contributed by atoms with Gasteiger partial charge in [-0.1, -0.05) is 18.2 Å². The van der Waals surface area contributed by atoms with Gasteiger partial charge in [-0.15, -0.1) is 0 Å². The third-order valence-corrected chi connectivity index (χ3v) is 5.54. The molecule has 2 aliphatic rings. The van der Waals surface area contributed by atoms with Crippen LogP contribution in [-0.2, 0) is 4.74 Å². The topological polar surface area (TPSA) is 129 Å². The minimum absolute atomic E-state index is 0.381. The van der Waals surface area contributed by atoms with Gasteiger partial charge in [0, 0.05) is 13.1 Å². The minimum atomic E-state index is -1.19. The fourth-order valence-electron chi connectivity index (χ4n) is 3.52. The molecule has 4 heterocycles. The number of aliphatic hydroxyl groups excluding tert-OH is 3. The van der Waals surface area contributed by atoms with Gasteiger partial charge in [0.25, 0.3) is 0 Å². The van der Waals surface area contributed by atoms with Gasteiger partial charge in [0.2, 0.25) is 0 Å². The van der Waals surface area contributed by atoms with Crippen LogP contribution in [0, 0.1) is 0 Å². The maximum absolute atomic E-state index is 10.3. The molecule has 0 aromatic carbocycles. The van der Waals surface area contributed by atoms with E-state index in [2.05, 4.69) is 25.4 Å². The number of rotatable bonds is 5. The Labute approximate surface area is 160 Å². The molecule has 4 atom stereocenters. The number of aliphatic hydroxyl groups is 3. The van der Waals surface area contributed by atoms with Crippen LogP contribution >= 0.6 is 11.8 Å². The van der Waals surface area contributed by atoms with Crippen LogP contribution in [0.2, 0.25) is 0 Å². The molecule has 0 radical (unpaired) electrons. The van der Waals surface area contributed by atoms with Gasteiger partial charge in [-0.25, -0.2) is 20.0 Å². The van der Waals surface area contributed by atoms with Crippen LogP contribution in [0.1, 0.15) is 25.5 Å². The molecule has 2 saturated heterocycles. The second-order valence-corrected chi connectivity index (χ2v) is 7.54. The second-order valence-electron chi connectivity index (χ2n) is 6.77. The Morgan fingerprint density at radius 1 is 1.22 bits per heavy atom. The van der Waals surface area contributed by atoms with Crippen LogP contribution in [0.3, 0.4) is 0 Å². The predicted molar refractivity (Wildman–Crippen MR) is 99.2 cm³/mol. The number of imidazole rings is 1. The van der Waals surface area contributed by atoms with E-state index in [0.717, 1.165) is 25.9 Å². The molecular formula is C16H24N6O4S. The van der Waals surface area contributed by atoms with Crippen molar-refractivity contribution in [3.63, 3.8) is 0 Å². The molecule has 0 bridgehead atoms. The number of fused-ring (bicyclic) bond motifs is 1. The maximum atomic E-state index is 10.3. The molecule has 0 spiro atoms. The molecule has 0 unspecified atom stereocenters. The van der Waals surface area contributed by atoms with Gasteiger partial charge in [-0.05, 0) is 19.1 Å². The van der Waals surface area contributed by atoms with Crippen LogP contribution in [0.25, 0.3) is 11.2 Å².